The van der Waals surface area contributed by atoms with E-state index in [1.165, 1.54) is 11.1 Å². The molecule has 0 spiro atoms. The molecule has 1 unspecified atom stereocenters. The Labute approximate surface area is 188 Å². The van der Waals surface area contributed by atoms with Gasteiger partial charge >= 0.3 is 0 Å². The molecule has 32 heavy (non-hydrogen) atoms. The second-order valence-electron chi connectivity index (χ2n) is 8.18. The summed E-state index contributed by atoms with van der Waals surface area (Å²) >= 11 is 0. The maximum absolute atomic E-state index is 13.0. The van der Waals surface area contributed by atoms with Crippen LogP contribution in [0.1, 0.15) is 23.3 Å². The zero-order chi connectivity index (χ0) is 22.1. The van der Waals surface area contributed by atoms with Crippen molar-refractivity contribution in [3.05, 3.63) is 95.7 Å². The Morgan fingerprint density at radius 3 is 2.31 bits per heavy atom. The normalized spacial score (nSPS) is 16.0. The van der Waals surface area contributed by atoms with Crippen LogP contribution in [0.15, 0.2) is 88.3 Å². The number of hydrogen-bond acceptors (Lipinski definition) is 4. The van der Waals surface area contributed by atoms with E-state index in [2.05, 4.69) is 22.0 Å². The molecule has 1 atom stereocenters. The van der Waals surface area contributed by atoms with Gasteiger partial charge in [0, 0.05) is 11.6 Å². The first-order valence-corrected chi connectivity index (χ1v) is 12.2. The van der Waals surface area contributed by atoms with E-state index in [9.17, 15) is 8.42 Å². The molecule has 0 fully saturated rings. The molecule has 1 heterocycles. The van der Waals surface area contributed by atoms with Crippen LogP contribution in [0.5, 0.6) is 0 Å². The minimum Gasteiger partial charge on any atom is -0.360 e. The molecule has 1 aliphatic rings. The van der Waals surface area contributed by atoms with Gasteiger partial charge in [-0.05, 0) is 55.0 Å². The van der Waals surface area contributed by atoms with Crippen molar-refractivity contribution >= 4 is 10.0 Å². The predicted octanol–water partition coefficient (Wildman–Crippen LogP) is 5.15. The summed E-state index contributed by atoms with van der Waals surface area (Å²) in [4.78, 5) is 0.260. The van der Waals surface area contributed by atoms with Crippen molar-refractivity contribution in [2.24, 2.45) is 0 Å². The molecule has 4 aromatic rings. The van der Waals surface area contributed by atoms with Gasteiger partial charge in [-0.15, -0.1) is 0 Å². The van der Waals surface area contributed by atoms with Crippen molar-refractivity contribution in [2.45, 2.75) is 37.1 Å². The van der Waals surface area contributed by atoms with Crippen LogP contribution in [0, 0.1) is 6.92 Å². The van der Waals surface area contributed by atoms with Gasteiger partial charge in [-0.2, -0.15) is 0 Å². The lowest BCUT2D eigenvalue weighted by atomic mass is 9.89. The van der Waals surface area contributed by atoms with E-state index < -0.39 is 10.0 Å². The second-order valence-corrected chi connectivity index (χ2v) is 9.90. The summed E-state index contributed by atoms with van der Waals surface area (Å²) in [6.45, 7) is 1.86. The number of benzene rings is 3. The molecule has 1 aromatic heterocycles. The summed E-state index contributed by atoms with van der Waals surface area (Å²) in [6.07, 6.45) is 2.40. The molecule has 0 saturated heterocycles. The number of aryl methyl sites for hydroxylation is 2. The molecule has 5 nitrogen and oxygen atoms in total. The maximum atomic E-state index is 13.0. The molecule has 5 rings (SSSR count). The molecule has 162 valence electrons. The van der Waals surface area contributed by atoms with Gasteiger partial charge in [0.15, 0.2) is 0 Å². The largest absolute Gasteiger partial charge is 0.360 e. The van der Waals surface area contributed by atoms with Crippen molar-refractivity contribution in [2.75, 3.05) is 0 Å². The molecule has 0 radical (unpaired) electrons. The summed E-state index contributed by atoms with van der Waals surface area (Å²) in [5, 5.41) is 4.22. The Morgan fingerprint density at radius 1 is 0.875 bits per heavy atom. The third-order valence-corrected chi connectivity index (χ3v) is 7.57. The first-order valence-electron chi connectivity index (χ1n) is 10.7. The first kappa shape index (κ1) is 20.7. The Kier molecular flexibility index (Phi) is 5.41. The van der Waals surface area contributed by atoms with Gasteiger partial charge in [-0.3, -0.25) is 0 Å². The zero-order valence-electron chi connectivity index (χ0n) is 17.8. The van der Waals surface area contributed by atoms with Crippen LogP contribution in [0.2, 0.25) is 0 Å². The molecule has 3 aromatic carbocycles. The van der Waals surface area contributed by atoms with E-state index in [0.29, 0.717) is 12.2 Å². The molecule has 0 bridgehead atoms. The standard InChI is InChI=1S/C26H24N2O3S/c1-18-25(26(27-31-18)21-8-3-2-4-9-21)20-12-15-24(16-13-20)32(29,30)28-23-14-11-19-7-5-6-10-22(19)17-23/h2-10,12-13,15-16,23,28H,11,14,17H2,1H3. The third kappa shape index (κ3) is 3.99. The van der Waals surface area contributed by atoms with Crippen LogP contribution in [0.3, 0.4) is 0 Å². The summed E-state index contributed by atoms with van der Waals surface area (Å²) in [5.74, 6) is 0.693. The molecular formula is C26H24N2O3S. The number of rotatable bonds is 5. The highest BCUT2D eigenvalue weighted by atomic mass is 32.2. The monoisotopic (exact) mass is 444 g/mol. The molecule has 1 N–H and O–H groups in total. The van der Waals surface area contributed by atoms with E-state index in [-0.39, 0.29) is 10.9 Å². The van der Waals surface area contributed by atoms with Gasteiger partial charge in [-0.25, -0.2) is 13.1 Å². The number of nitrogens with one attached hydrogen (secondary N) is 1. The average molecular weight is 445 g/mol. The Balaban J connectivity index is 1.38. The van der Waals surface area contributed by atoms with E-state index in [0.717, 1.165) is 35.2 Å². The first-order chi connectivity index (χ1) is 15.5. The summed E-state index contributed by atoms with van der Waals surface area (Å²) in [7, 11) is -3.61. The highest BCUT2D eigenvalue weighted by Crippen LogP contribution is 2.34. The van der Waals surface area contributed by atoms with Crippen LogP contribution in [0.25, 0.3) is 22.4 Å². The van der Waals surface area contributed by atoms with Gasteiger partial charge in [0.05, 0.1) is 10.5 Å². The Hall–Kier alpha value is -3.22. The smallest absolute Gasteiger partial charge is 0.240 e. The maximum Gasteiger partial charge on any atom is 0.240 e. The van der Waals surface area contributed by atoms with Gasteiger partial charge in [0.25, 0.3) is 0 Å². The van der Waals surface area contributed by atoms with Gasteiger partial charge in [0.2, 0.25) is 10.0 Å². The summed E-state index contributed by atoms with van der Waals surface area (Å²) in [5.41, 5.74) is 5.97. The number of hydrogen-bond donors (Lipinski definition) is 1. The van der Waals surface area contributed by atoms with Crippen molar-refractivity contribution in [3.8, 4) is 22.4 Å². The van der Waals surface area contributed by atoms with E-state index >= 15 is 0 Å². The van der Waals surface area contributed by atoms with Gasteiger partial charge in [-0.1, -0.05) is 71.9 Å². The average Bonchev–Trinajstić information content (AvgIpc) is 3.21. The molecule has 0 aliphatic heterocycles. The number of fused-ring (bicyclic) bond motifs is 1. The fourth-order valence-corrected chi connectivity index (χ4v) is 5.66. The molecule has 0 saturated carbocycles. The summed E-state index contributed by atoms with van der Waals surface area (Å²) < 4.78 is 34.4. The number of sulfonamides is 1. The lowest BCUT2D eigenvalue weighted by Gasteiger charge is -2.25. The summed E-state index contributed by atoms with van der Waals surface area (Å²) in [6, 6.07) is 24.9. The van der Waals surface area contributed by atoms with E-state index in [1.807, 2.05) is 61.5 Å². The Bertz CT molecular complexity index is 1340. The predicted molar refractivity (Wildman–Crippen MR) is 125 cm³/mol. The Morgan fingerprint density at radius 2 is 1.56 bits per heavy atom. The highest BCUT2D eigenvalue weighted by Gasteiger charge is 2.25. The lowest BCUT2D eigenvalue weighted by molar-refractivity contribution is 0.400. The fraction of sp³-hybridized carbons (Fsp3) is 0.192. The minimum absolute atomic E-state index is 0.0976. The highest BCUT2D eigenvalue weighted by molar-refractivity contribution is 7.89. The van der Waals surface area contributed by atoms with Gasteiger partial charge in [0.1, 0.15) is 11.5 Å². The lowest BCUT2D eigenvalue weighted by Crippen LogP contribution is -2.38. The quantitative estimate of drug-likeness (QED) is 0.462. The molecule has 6 heteroatoms. The van der Waals surface area contributed by atoms with Crippen molar-refractivity contribution in [1.29, 1.82) is 0 Å². The van der Waals surface area contributed by atoms with Crippen molar-refractivity contribution in [1.82, 2.24) is 9.88 Å². The molecular weight excluding hydrogens is 420 g/mol. The molecule has 0 amide bonds. The van der Waals surface area contributed by atoms with Crippen molar-refractivity contribution < 1.29 is 12.9 Å². The van der Waals surface area contributed by atoms with Crippen LogP contribution < -0.4 is 4.72 Å². The number of aromatic nitrogens is 1. The minimum atomic E-state index is -3.61. The van der Waals surface area contributed by atoms with Crippen LogP contribution >= 0.6 is 0 Å². The third-order valence-electron chi connectivity index (χ3n) is 6.03. The fourth-order valence-electron chi connectivity index (χ4n) is 4.39. The van der Waals surface area contributed by atoms with Gasteiger partial charge < -0.3 is 4.52 Å². The zero-order valence-corrected chi connectivity index (χ0v) is 18.6. The number of nitrogens with zero attached hydrogens (tertiary/aromatic N) is 1. The van der Waals surface area contributed by atoms with Crippen LogP contribution in [-0.2, 0) is 22.9 Å². The van der Waals surface area contributed by atoms with Crippen LogP contribution in [0.4, 0.5) is 0 Å². The molecule has 1 aliphatic carbocycles. The second kappa shape index (κ2) is 8.37. The van der Waals surface area contributed by atoms with E-state index in [1.54, 1.807) is 12.1 Å². The van der Waals surface area contributed by atoms with Crippen LogP contribution in [-0.4, -0.2) is 19.6 Å². The van der Waals surface area contributed by atoms with E-state index in [4.69, 9.17) is 4.52 Å². The topological polar surface area (TPSA) is 72.2 Å². The SMILES string of the molecule is Cc1onc(-c2ccccc2)c1-c1ccc(S(=O)(=O)NC2CCc3ccccc3C2)cc1. The van der Waals surface area contributed by atoms with Crippen molar-refractivity contribution in [3.63, 3.8) is 0 Å².